The summed E-state index contributed by atoms with van der Waals surface area (Å²) >= 11 is 0. The predicted octanol–water partition coefficient (Wildman–Crippen LogP) is 1.99. The van der Waals surface area contributed by atoms with Gasteiger partial charge in [0.1, 0.15) is 0 Å². The zero-order valence-electron chi connectivity index (χ0n) is 14.6. The van der Waals surface area contributed by atoms with Crippen LogP contribution in [0.3, 0.4) is 0 Å². The molecule has 4 rings (SSSR count). The molecule has 2 saturated carbocycles. The zero-order chi connectivity index (χ0) is 16.9. The van der Waals surface area contributed by atoms with Gasteiger partial charge in [-0.15, -0.1) is 0 Å². The molecule has 1 N–H and O–H groups in total. The minimum Gasteiger partial charge on any atom is -0.465 e. The summed E-state index contributed by atoms with van der Waals surface area (Å²) in [5.74, 6) is 0.249. The van der Waals surface area contributed by atoms with Crippen molar-refractivity contribution in [3.05, 3.63) is 0 Å². The number of piperidine rings is 1. The van der Waals surface area contributed by atoms with Crippen molar-refractivity contribution < 1.29 is 14.7 Å². The second kappa shape index (κ2) is 5.90. The van der Waals surface area contributed by atoms with Crippen LogP contribution in [0.25, 0.3) is 0 Å². The Morgan fingerprint density at radius 1 is 1.04 bits per heavy atom. The average molecular weight is 335 g/mol. The Kier molecular flexibility index (Phi) is 3.98. The first kappa shape index (κ1) is 16.2. The second-order valence-corrected chi connectivity index (χ2v) is 8.46. The van der Waals surface area contributed by atoms with Crippen molar-refractivity contribution in [1.82, 2.24) is 14.7 Å². The van der Waals surface area contributed by atoms with E-state index in [1.165, 1.54) is 25.7 Å². The Labute approximate surface area is 143 Å². The molecule has 134 valence electrons. The van der Waals surface area contributed by atoms with Crippen LogP contribution in [-0.2, 0) is 4.79 Å². The van der Waals surface area contributed by atoms with E-state index in [1.807, 2.05) is 0 Å². The summed E-state index contributed by atoms with van der Waals surface area (Å²) in [6.07, 6.45) is 7.33. The van der Waals surface area contributed by atoms with E-state index in [1.54, 1.807) is 11.8 Å². The van der Waals surface area contributed by atoms with Crippen molar-refractivity contribution in [3.63, 3.8) is 0 Å². The van der Waals surface area contributed by atoms with E-state index < -0.39 is 6.09 Å². The van der Waals surface area contributed by atoms with Gasteiger partial charge in [-0.1, -0.05) is 0 Å². The molecule has 2 aliphatic heterocycles. The van der Waals surface area contributed by atoms with Crippen LogP contribution in [0.15, 0.2) is 0 Å². The third-order valence-electron chi connectivity index (χ3n) is 6.71. The van der Waals surface area contributed by atoms with Gasteiger partial charge in [0.2, 0.25) is 5.91 Å². The molecular weight excluding hydrogens is 306 g/mol. The summed E-state index contributed by atoms with van der Waals surface area (Å²) in [5, 5.41) is 9.05. The first-order chi connectivity index (χ1) is 11.5. The van der Waals surface area contributed by atoms with Gasteiger partial charge in [0, 0.05) is 56.6 Å². The molecule has 4 aliphatic rings. The molecule has 0 bridgehead atoms. The molecule has 0 aromatic carbocycles. The molecule has 2 aliphatic carbocycles. The van der Waals surface area contributed by atoms with Crippen LogP contribution in [-0.4, -0.2) is 76.1 Å². The summed E-state index contributed by atoms with van der Waals surface area (Å²) in [6.45, 7) is 5.36. The van der Waals surface area contributed by atoms with Gasteiger partial charge in [-0.25, -0.2) is 4.79 Å². The van der Waals surface area contributed by atoms with Gasteiger partial charge >= 0.3 is 6.09 Å². The lowest BCUT2D eigenvalue weighted by molar-refractivity contribution is -0.133. The van der Waals surface area contributed by atoms with E-state index >= 15 is 0 Å². The highest BCUT2D eigenvalue weighted by atomic mass is 16.4. The summed E-state index contributed by atoms with van der Waals surface area (Å²) in [4.78, 5) is 29.3. The van der Waals surface area contributed by atoms with E-state index in [-0.39, 0.29) is 11.3 Å². The third kappa shape index (κ3) is 2.89. The van der Waals surface area contributed by atoms with Crippen molar-refractivity contribution >= 4 is 12.0 Å². The third-order valence-corrected chi connectivity index (χ3v) is 6.71. The van der Waals surface area contributed by atoms with Crippen LogP contribution < -0.4 is 0 Å². The first-order valence-corrected chi connectivity index (χ1v) is 9.48. The maximum Gasteiger partial charge on any atom is 0.407 e. The Bertz CT molecular complexity index is 520. The number of carbonyl (C=O) groups is 2. The minimum absolute atomic E-state index is 0.249. The average Bonchev–Trinajstić information content (AvgIpc) is 3.22. The largest absolute Gasteiger partial charge is 0.465 e. The van der Waals surface area contributed by atoms with Gasteiger partial charge in [-0.2, -0.15) is 0 Å². The van der Waals surface area contributed by atoms with Crippen molar-refractivity contribution in [2.45, 2.75) is 70.0 Å². The molecule has 24 heavy (non-hydrogen) atoms. The van der Waals surface area contributed by atoms with Crippen LogP contribution in [0.2, 0.25) is 0 Å². The van der Waals surface area contributed by atoms with Crippen molar-refractivity contribution in [2.75, 3.05) is 26.2 Å². The number of hydrogen-bond acceptors (Lipinski definition) is 3. The molecule has 1 spiro atoms. The van der Waals surface area contributed by atoms with E-state index in [0.29, 0.717) is 18.1 Å². The molecule has 0 radical (unpaired) electrons. The highest BCUT2D eigenvalue weighted by molar-refractivity contribution is 5.74. The van der Waals surface area contributed by atoms with Gasteiger partial charge < -0.3 is 19.8 Å². The van der Waals surface area contributed by atoms with Gasteiger partial charge in [0.25, 0.3) is 0 Å². The standard InChI is InChI=1S/C18H29N3O3/c1-13(22)21(14-2-3-14)15-5-8-19(9-6-15)16-4-7-18(10-16)11-20(12-18)17(23)24/h14-16H,2-12H2,1H3,(H,23,24). The quantitative estimate of drug-likeness (QED) is 0.857. The second-order valence-electron chi connectivity index (χ2n) is 8.46. The minimum atomic E-state index is -0.769. The van der Waals surface area contributed by atoms with Crippen LogP contribution in [0.4, 0.5) is 4.79 Å². The Hall–Kier alpha value is -1.30. The summed E-state index contributed by atoms with van der Waals surface area (Å²) in [6, 6.07) is 1.58. The Morgan fingerprint density at radius 3 is 2.21 bits per heavy atom. The van der Waals surface area contributed by atoms with Gasteiger partial charge in [0.15, 0.2) is 0 Å². The molecule has 2 amide bonds. The SMILES string of the molecule is CC(=O)N(C1CC1)C1CCN(C2CCC3(C2)CN(C(=O)O)C3)CC1. The fraction of sp³-hybridized carbons (Fsp3) is 0.889. The number of rotatable bonds is 3. The van der Waals surface area contributed by atoms with E-state index in [0.717, 1.165) is 45.4 Å². The monoisotopic (exact) mass is 335 g/mol. The number of carboxylic acid groups (broad SMARTS) is 1. The number of amides is 2. The number of hydrogen-bond donors (Lipinski definition) is 1. The highest BCUT2D eigenvalue weighted by Crippen LogP contribution is 2.47. The molecule has 2 heterocycles. The first-order valence-electron chi connectivity index (χ1n) is 9.48. The molecule has 0 aromatic heterocycles. The lowest BCUT2D eigenvalue weighted by atomic mass is 9.78. The van der Waals surface area contributed by atoms with E-state index in [4.69, 9.17) is 5.11 Å². The normalized spacial score (nSPS) is 30.4. The molecule has 2 saturated heterocycles. The van der Waals surface area contributed by atoms with Crippen LogP contribution in [0.1, 0.15) is 51.9 Å². The fourth-order valence-corrected chi connectivity index (χ4v) is 5.37. The highest BCUT2D eigenvalue weighted by Gasteiger charge is 2.51. The van der Waals surface area contributed by atoms with Crippen molar-refractivity contribution in [3.8, 4) is 0 Å². The number of likely N-dealkylation sites (tertiary alicyclic amines) is 2. The summed E-state index contributed by atoms with van der Waals surface area (Å²) in [5.41, 5.74) is 0.263. The number of nitrogens with zero attached hydrogens (tertiary/aromatic N) is 3. The number of carbonyl (C=O) groups excluding carboxylic acids is 1. The van der Waals surface area contributed by atoms with Gasteiger partial charge in [-0.3, -0.25) is 4.79 Å². The maximum absolute atomic E-state index is 11.9. The molecule has 1 unspecified atom stereocenters. The molecular formula is C18H29N3O3. The summed E-state index contributed by atoms with van der Waals surface area (Å²) < 4.78 is 0. The van der Waals surface area contributed by atoms with Gasteiger partial charge in [0.05, 0.1) is 0 Å². The lowest BCUT2D eigenvalue weighted by Crippen LogP contribution is -2.57. The molecule has 0 aromatic rings. The van der Waals surface area contributed by atoms with Gasteiger partial charge in [-0.05, 0) is 44.9 Å². The topological polar surface area (TPSA) is 64.1 Å². The Balaban J connectivity index is 1.28. The maximum atomic E-state index is 11.9. The van der Waals surface area contributed by atoms with Crippen LogP contribution in [0, 0.1) is 5.41 Å². The van der Waals surface area contributed by atoms with Crippen LogP contribution in [0.5, 0.6) is 0 Å². The van der Waals surface area contributed by atoms with Crippen molar-refractivity contribution in [2.24, 2.45) is 5.41 Å². The molecule has 6 nitrogen and oxygen atoms in total. The fourth-order valence-electron chi connectivity index (χ4n) is 5.37. The Morgan fingerprint density at radius 2 is 1.67 bits per heavy atom. The molecule has 6 heteroatoms. The predicted molar refractivity (Wildman–Crippen MR) is 89.8 cm³/mol. The lowest BCUT2D eigenvalue weighted by Gasteiger charge is -2.47. The molecule has 1 atom stereocenters. The molecule has 4 fully saturated rings. The van der Waals surface area contributed by atoms with Crippen molar-refractivity contribution in [1.29, 1.82) is 0 Å². The summed E-state index contributed by atoms with van der Waals surface area (Å²) in [7, 11) is 0. The smallest absolute Gasteiger partial charge is 0.407 e. The van der Waals surface area contributed by atoms with E-state index in [9.17, 15) is 9.59 Å². The van der Waals surface area contributed by atoms with Crippen LogP contribution >= 0.6 is 0 Å². The van der Waals surface area contributed by atoms with E-state index in [2.05, 4.69) is 9.80 Å². The zero-order valence-corrected chi connectivity index (χ0v) is 14.6.